The molecule has 4 unspecified atom stereocenters. The predicted molar refractivity (Wildman–Crippen MR) is 97.8 cm³/mol. The van der Waals surface area contributed by atoms with Gasteiger partial charge in [-0.1, -0.05) is 31.4 Å². The van der Waals surface area contributed by atoms with Crippen LogP contribution in [0.1, 0.15) is 90.4 Å². The van der Waals surface area contributed by atoms with E-state index >= 15 is 0 Å². The number of allylic oxidation sites excluding steroid dienone is 2. The highest BCUT2D eigenvalue weighted by Crippen LogP contribution is 2.44. The van der Waals surface area contributed by atoms with Crippen LogP contribution in [0.5, 0.6) is 0 Å². The van der Waals surface area contributed by atoms with Crippen LogP contribution in [0.15, 0.2) is 11.6 Å². The van der Waals surface area contributed by atoms with Crippen LogP contribution in [0.3, 0.4) is 0 Å². The average molecular weight is 331 g/mol. The highest BCUT2D eigenvalue weighted by molar-refractivity contribution is 5.84. The zero-order valence-corrected chi connectivity index (χ0v) is 15.4. The van der Waals surface area contributed by atoms with E-state index < -0.39 is 0 Å². The van der Waals surface area contributed by atoms with Gasteiger partial charge in [-0.3, -0.25) is 9.59 Å². The fraction of sp³-hybridized carbons (Fsp3) is 0.818. The van der Waals surface area contributed by atoms with Gasteiger partial charge in [0.1, 0.15) is 11.6 Å². The fourth-order valence-corrected chi connectivity index (χ4v) is 5.02. The first-order valence-electron chi connectivity index (χ1n) is 10.4. The van der Waals surface area contributed by atoms with Gasteiger partial charge in [-0.25, -0.2) is 0 Å². The van der Waals surface area contributed by atoms with E-state index in [1.54, 1.807) is 0 Å². The summed E-state index contributed by atoms with van der Waals surface area (Å²) in [6.45, 7) is 2.07. The van der Waals surface area contributed by atoms with Crippen LogP contribution in [0.2, 0.25) is 0 Å². The number of rotatable bonds is 8. The van der Waals surface area contributed by atoms with Gasteiger partial charge in [0, 0.05) is 25.2 Å². The van der Waals surface area contributed by atoms with Gasteiger partial charge >= 0.3 is 0 Å². The number of ketones is 2. The molecule has 0 bridgehead atoms. The highest BCUT2D eigenvalue weighted by atomic mass is 16.1. The lowest BCUT2D eigenvalue weighted by atomic mass is 9.77. The molecule has 0 aromatic carbocycles. The van der Waals surface area contributed by atoms with Crippen molar-refractivity contribution in [3.63, 3.8) is 0 Å². The molecule has 0 spiro atoms. The number of hydrogen-bond donors (Lipinski definition) is 0. The SMILES string of the molecule is CCCC(=O)C1CC1CCC(=O)CC1=CC2CCCCC2CCC1. The van der Waals surface area contributed by atoms with E-state index in [4.69, 9.17) is 0 Å². The Morgan fingerprint density at radius 2 is 1.88 bits per heavy atom. The summed E-state index contributed by atoms with van der Waals surface area (Å²) in [4.78, 5) is 24.2. The van der Waals surface area contributed by atoms with Crippen LogP contribution in [0.4, 0.5) is 0 Å². The summed E-state index contributed by atoms with van der Waals surface area (Å²) in [7, 11) is 0. The number of fused-ring (bicyclic) bond motifs is 1. The molecule has 2 fully saturated rings. The molecular formula is C22H34O2. The van der Waals surface area contributed by atoms with E-state index in [1.165, 1.54) is 44.1 Å². The normalized spacial score (nSPS) is 32.5. The first-order valence-corrected chi connectivity index (χ1v) is 10.4. The van der Waals surface area contributed by atoms with Gasteiger partial charge in [0.15, 0.2) is 0 Å². The topological polar surface area (TPSA) is 34.1 Å². The summed E-state index contributed by atoms with van der Waals surface area (Å²) in [6, 6.07) is 0. The molecule has 0 radical (unpaired) electrons. The van der Waals surface area contributed by atoms with Crippen LogP contribution in [-0.2, 0) is 9.59 Å². The first kappa shape index (κ1) is 17.9. The summed E-state index contributed by atoms with van der Waals surface area (Å²) in [6.07, 6.45) is 16.8. The van der Waals surface area contributed by atoms with Crippen molar-refractivity contribution in [1.29, 1.82) is 0 Å². The highest BCUT2D eigenvalue weighted by Gasteiger charge is 2.41. The summed E-state index contributed by atoms with van der Waals surface area (Å²) in [5, 5.41) is 0. The summed E-state index contributed by atoms with van der Waals surface area (Å²) in [5.74, 6) is 3.29. The Morgan fingerprint density at radius 3 is 2.71 bits per heavy atom. The molecule has 0 saturated heterocycles. The van der Waals surface area contributed by atoms with Crippen molar-refractivity contribution in [1.82, 2.24) is 0 Å². The Labute approximate surface area is 147 Å². The monoisotopic (exact) mass is 330 g/mol. The van der Waals surface area contributed by atoms with Gasteiger partial charge in [0.05, 0.1) is 0 Å². The van der Waals surface area contributed by atoms with Crippen molar-refractivity contribution in [2.45, 2.75) is 90.4 Å². The molecule has 24 heavy (non-hydrogen) atoms. The van der Waals surface area contributed by atoms with Crippen LogP contribution in [0.25, 0.3) is 0 Å². The van der Waals surface area contributed by atoms with Crippen molar-refractivity contribution < 1.29 is 9.59 Å². The molecule has 2 saturated carbocycles. The molecule has 4 atom stereocenters. The maximum absolute atomic E-state index is 12.4. The van der Waals surface area contributed by atoms with Gasteiger partial charge in [0.25, 0.3) is 0 Å². The molecule has 2 nitrogen and oxygen atoms in total. The zero-order chi connectivity index (χ0) is 16.9. The number of Topliss-reactive ketones (excluding diaryl/α,β-unsaturated/α-hetero) is 2. The molecule has 0 aromatic rings. The van der Waals surface area contributed by atoms with Gasteiger partial charge in [-0.2, -0.15) is 0 Å². The van der Waals surface area contributed by atoms with Gasteiger partial charge in [0.2, 0.25) is 0 Å². The number of carbonyl (C=O) groups excluding carboxylic acids is 2. The molecule has 0 amide bonds. The van der Waals surface area contributed by atoms with E-state index in [0.717, 1.165) is 43.9 Å². The molecular weight excluding hydrogens is 296 g/mol. The van der Waals surface area contributed by atoms with Crippen molar-refractivity contribution >= 4 is 11.6 Å². The maximum Gasteiger partial charge on any atom is 0.136 e. The standard InChI is InChI=1S/C22H34O2/c1-2-6-22(24)21-15-19(21)11-12-20(23)14-16-7-5-10-17-8-3-4-9-18(17)13-16/h13,17-19,21H,2-12,14-15H2,1H3. The molecule has 0 aromatic heterocycles. The lowest BCUT2D eigenvalue weighted by Gasteiger charge is -2.28. The van der Waals surface area contributed by atoms with Crippen molar-refractivity contribution in [2.24, 2.45) is 23.7 Å². The number of hydrogen-bond acceptors (Lipinski definition) is 2. The van der Waals surface area contributed by atoms with Gasteiger partial charge in [-0.15, -0.1) is 0 Å². The minimum Gasteiger partial charge on any atom is -0.299 e. The van der Waals surface area contributed by atoms with Crippen LogP contribution in [0, 0.1) is 23.7 Å². The van der Waals surface area contributed by atoms with E-state index in [2.05, 4.69) is 13.0 Å². The molecule has 3 rings (SSSR count). The molecule has 134 valence electrons. The van der Waals surface area contributed by atoms with Crippen LogP contribution < -0.4 is 0 Å². The zero-order valence-electron chi connectivity index (χ0n) is 15.4. The summed E-state index contributed by atoms with van der Waals surface area (Å²) >= 11 is 0. The second kappa shape index (κ2) is 8.45. The van der Waals surface area contributed by atoms with Crippen molar-refractivity contribution in [2.75, 3.05) is 0 Å². The largest absolute Gasteiger partial charge is 0.299 e. The van der Waals surface area contributed by atoms with Gasteiger partial charge in [-0.05, 0) is 69.1 Å². The molecule has 3 aliphatic rings. The Hall–Kier alpha value is -0.920. The van der Waals surface area contributed by atoms with Crippen molar-refractivity contribution in [3.05, 3.63) is 11.6 Å². The molecule has 0 aliphatic heterocycles. The van der Waals surface area contributed by atoms with E-state index in [1.807, 2.05) is 0 Å². The third kappa shape index (κ3) is 4.80. The lowest BCUT2D eigenvalue weighted by Crippen LogP contribution is -2.16. The third-order valence-corrected chi connectivity index (χ3v) is 6.54. The van der Waals surface area contributed by atoms with Crippen molar-refractivity contribution in [3.8, 4) is 0 Å². The average Bonchev–Trinajstić information content (AvgIpc) is 3.36. The van der Waals surface area contributed by atoms with E-state index in [9.17, 15) is 9.59 Å². The van der Waals surface area contributed by atoms with Crippen LogP contribution in [-0.4, -0.2) is 11.6 Å². The lowest BCUT2D eigenvalue weighted by molar-refractivity contribution is -0.121. The summed E-state index contributed by atoms with van der Waals surface area (Å²) in [5.41, 5.74) is 1.42. The smallest absolute Gasteiger partial charge is 0.136 e. The Kier molecular flexibility index (Phi) is 6.30. The Balaban J connectivity index is 1.42. The minimum atomic E-state index is 0.290. The molecule has 0 N–H and O–H groups in total. The number of carbonyl (C=O) groups is 2. The fourth-order valence-electron chi connectivity index (χ4n) is 5.02. The van der Waals surface area contributed by atoms with E-state index in [-0.39, 0.29) is 5.92 Å². The second-order valence-corrected chi connectivity index (χ2v) is 8.50. The Bertz CT molecular complexity index is 490. The molecule has 0 heterocycles. The predicted octanol–water partition coefficient (Wildman–Crippen LogP) is 5.65. The Morgan fingerprint density at radius 1 is 1.08 bits per heavy atom. The maximum atomic E-state index is 12.4. The second-order valence-electron chi connectivity index (χ2n) is 8.50. The first-order chi connectivity index (χ1) is 11.7. The molecule has 3 aliphatic carbocycles. The third-order valence-electron chi connectivity index (χ3n) is 6.54. The van der Waals surface area contributed by atoms with Gasteiger partial charge < -0.3 is 0 Å². The van der Waals surface area contributed by atoms with E-state index in [0.29, 0.717) is 30.3 Å². The van der Waals surface area contributed by atoms with Crippen LogP contribution >= 0.6 is 0 Å². The minimum absolute atomic E-state index is 0.290. The molecule has 2 heteroatoms. The summed E-state index contributed by atoms with van der Waals surface area (Å²) < 4.78 is 0. The quantitative estimate of drug-likeness (QED) is 0.539.